The second-order valence-corrected chi connectivity index (χ2v) is 6.72. The molecule has 0 spiro atoms. The minimum atomic E-state index is 0.822. The molecular formula is C14H13NS3. The Morgan fingerprint density at radius 2 is 1.78 bits per heavy atom. The highest BCUT2D eigenvalue weighted by Gasteiger charge is 2.18. The molecule has 0 aliphatic carbocycles. The van der Waals surface area contributed by atoms with Gasteiger partial charge in [-0.1, -0.05) is 29.8 Å². The first-order chi connectivity index (χ1) is 8.71. The summed E-state index contributed by atoms with van der Waals surface area (Å²) in [6, 6.07) is 10.8. The summed E-state index contributed by atoms with van der Waals surface area (Å²) in [5.41, 5.74) is 3.68. The Bertz CT molecular complexity index is 591. The maximum atomic E-state index is 9.21. The molecule has 0 aliphatic heterocycles. The van der Waals surface area contributed by atoms with Crippen molar-refractivity contribution in [2.45, 2.75) is 16.0 Å². The fraction of sp³-hybridized carbons (Fsp3) is 0.214. The second-order valence-electron chi connectivity index (χ2n) is 3.81. The standard InChI is InChI=1S/C14H13NS3/c1-9-4-6-10(7-5-9)12-13(16-2)11(8-15)18-14(12)17-3/h4-7H,1-3H3. The zero-order chi connectivity index (χ0) is 13.1. The fourth-order valence-corrected chi connectivity index (χ4v) is 4.69. The number of benzene rings is 1. The molecule has 4 heteroatoms. The molecule has 0 N–H and O–H groups in total. The van der Waals surface area contributed by atoms with Gasteiger partial charge in [-0.15, -0.1) is 34.9 Å². The van der Waals surface area contributed by atoms with Crippen molar-refractivity contribution in [2.24, 2.45) is 0 Å². The Balaban J connectivity index is 2.65. The molecule has 18 heavy (non-hydrogen) atoms. The normalized spacial score (nSPS) is 10.3. The van der Waals surface area contributed by atoms with E-state index in [1.165, 1.54) is 20.9 Å². The smallest absolute Gasteiger partial charge is 0.120 e. The summed E-state index contributed by atoms with van der Waals surface area (Å²) in [6.07, 6.45) is 4.10. The minimum absolute atomic E-state index is 0.822. The molecule has 0 fully saturated rings. The summed E-state index contributed by atoms with van der Waals surface area (Å²) in [5, 5.41) is 9.21. The third-order valence-corrected chi connectivity index (χ3v) is 5.82. The van der Waals surface area contributed by atoms with E-state index in [0.29, 0.717) is 0 Å². The van der Waals surface area contributed by atoms with Crippen LogP contribution in [0.1, 0.15) is 10.4 Å². The van der Waals surface area contributed by atoms with Crippen molar-refractivity contribution in [3.63, 3.8) is 0 Å². The Hall–Kier alpha value is -0.890. The van der Waals surface area contributed by atoms with Crippen LogP contribution in [0.3, 0.4) is 0 Å². The lowest BCUT2D eigenvalue weighted by Crippen LogP contribution is -1.81. The number of hydrogen-bond donors (Lipinski definition) is 0. The zero-order valence-electron chi connectivity index (χ0n) is 10.5. The van der Waals surface area contributed by atoms with Crippen LogP contribution in [0.4, 0.5) is 0 Å². The van der Waals surface area contributed by atoms with Gasteiger partial charge in [-0.2, -0.15) is 5.26 Å². The van der Waals surface area contributed by atoms with Crippen LogP contribution < -0.4 is 0 Å². The number of nitrogens with zero attached hydrogens (tertiary/aromatic N) is 1. The van der Waals surface area contributed by atoms with Gasteiger partial charge in [0, 0.05) is 10.5 Å². The molecule has 92 valence electrons. The van der Waals surface area contributed by atoms with Crippen LogP contribution in [0.5, 0.6) is 0 Å². The van der Waals surface area contributed by atoms with Crippen molar-refractivity contribution < 1.29 is 0 Å². The summed E-state index contributed by atoms with van der Waals surface area (Å²) >= 11 is 4.96. The molecule has 0 radical (unpaired) electrons. The van der Waals surface area contributed by atoms with E-state index in [2.05, 4.69) is 43.5 Å². The molecule has 1 heterocycles. The number of thioether (sulfide) groups is 2. The Labute approximate surface area is 120 Å². The van der Waals surface area contributed by atoms with Gasteiger partial charge >= 0.3 is 0 Å². The maximum Gasteiger partial charge on any atom is 0.120 e. The average molecular weight is 291 g/mol. The van der Waals surface area contributed by atoms with Crippen LogP contribution >= 0.6 is 34.9 Å². The van der Waals surface area contributed by atoms with E-state index in [1.807, 2.05) is 6.26 Å². The molecule has 0 aliphatic rings. The van der Waals surface area contributed by atoms with Crippen molar-refractivity contribution in [1.82, 2.24) is 0 Å². The lowest BCUT2D eigenvalue weighted by atomic mass is 10.1. The average Bonchev–Trinajstić information content (AvgIpc) is 2.77. The molecule has 0 saturated carbocycles. The first-order valence-corrected chi connectivity index (χ1v) is 8.69. The van der Waals surface area contributed by atoms with Crippen molar-refractivity contribution >= 4 is 34.9 Å². The fourth-order valence-electron chi connectivity index (χ4n) is 1.78. The van der Waals surface area contributed by atoms with Gasteiger partial charge in [0.25, 0.3) is 0 Å². The van der Waals surface area contributed by atoms with Crippen LogP contribution in [0.25, 0.3) is 11.1 Å². The third-order valence-electron chi connectivity index (χ3n) is 2.66. The van der Waals surface area contributed by atoms with Gasteiger partial charge in [-0.3, -0.25) is 0 Å². The van der Waals surface area contributed by atoms with Crippen LogP contribution in [-0.2, 0) is 0 Å². The van der Waals surface area contributed by atoms with Gasteiger partial charge < -0.3 is 0 Å². The second kappa shape index (κ2) is 5.83. The van der Waals surface area contributed by atoms with Crippen LogP contribution in [0.15, 0.2) is 33.4 Å². The molecule has 0 amide bonds. The monoisotopic (exact) mass is 291 g/mol. The molecule has 1 nitrogen and oxygen atoms in total. The highest BCUT2D eigenvalue weighted by atomic mass is 32.2. The van der Waals surface area contributed by atoms with Crippen molar-refractivity contribution in [3.05, 3.63) is 34.7 Å². The van der Waals surface area contributed by atoms with Crippen LogP contribution in [0.2, 0.25) is 0 Å². The topological polar surface area (TPSA) is 23.8 Å². The molecule has 1 aromatic carbocycles. The maximum absolute atomic E-state index is 9.21. The van der Waals surface area contributed by atoms with E-state index in [0.717, 1.165) is 9.77 Å². The number of aryl methyl sites for hydroxylation is 1. The summed E-state index contributed by atoms with van der Waals surface area (Å²) in [6.45, 7) is 2.09. The highest BCUT2D eigenvalue weighted by Crippen LogP contribution is 2.45. The Morgan fingerprint density at radius 3 is 2.28 bits per heavy atom. The summed E-state index contributed by atoms with van der Waals surface area (Å²) in [7, 11) is 0. The highest BCUT2D eigenvalue weighted by molar-refractivity contribution is 8.01. The van der Waals surface area contributed by atoms with Crippen LogP contribution in [0, 0.1) is 18.3 Å². The lowest BCUT2D eigenvalue weighted by molar-refractivity contribution is 1.41. The largest absolute Gasteiger partial charge is 0.191 e. The quantitative estimate of drug-likeness (QED) is 0.740. The Kier molecular flexibility index (Phi) is 4.39. The van der Waals surface area contributed by atoms with Gasteiger partial charge in [-0.25, -0.2) is 0 Å². The van der Waals surface area contributed by atoms with E-state index in [9.17, 15) is 5.26 Å². The van der Waals surface area contributed by atoms with E-state index in [4.69, 9.17) is 0 Å². The Morgan fingerprint density at radius 1 is 1.11 bits per heavy atom. The van der Waals surface area contributed by atoms with Crippen LogP contribution in [-0.4, -0.2) is 12.5 Å². The summed E-state index contributed by atoms with van der Waals surface area (Å²) in [4.78, 5) is 1.93. The van der Waals surface area contributed by atoms with Gasteiger partial charge in [0.1, 0.15) is 10.9 Å². The number of rotatable bonds is 3. The SMILES string of the molecule is CSc1sc(C#N)c(SC)c1-c1ccc(C)cc1. The predicted molar refractivity (Wildman–Crippen MR) is 82.8 cm³/mol. The third kappa shape index (κ3) is 2.44. The first-order valence-electron chi connectivity index (χ1n) is 5.43. The number of thiophene rings is 1. The van der Waals surface area contributed by atoms with Crippen molar-refractivity contribution in [3.8, 4) is 17.2 Å². The summed E-state index contributed by atoms with van der Waals surface area (Å²) in [5.74, 6) is 0. The molecule has 0 bridgehead atoms. The lowest BCUT2D eigenvalue weighted by Gasteiger charge is -2.05. The van der Waals surface area contributed by atoms with Gasteiger partial charge in [0.15, 0.2) is 0 Å². The van der Waals surface area contributed by atoms with Crippen molar-refractivity contribution in [2.75, 3.05) is 12.5 Å². The molecule has 2 rings (SSSR count). The van der Waals surface area contributed by atoms with Gasteiger partial charge in [-0.05, 0) is 25.0 Å². The van der Waals surface area contributed by atoms with Gasteiger partial charge in [0.05, 0.1) is 4.21 Å². The predicted octanol–water partition coefficient (Wildman–Crippen LogP) is 5.04. The molecule has 0 saturated heterocycles. The van der Waals surface area contributed by atoms with E-state index >= 15 is 0 Å². The molecule has 0 unspecified atom stereocenters. The van der Waals surface area contributed by atoms with E-state index in [-0.39, 0.29) is 0 Å². The number of nitriles is 1. The molecule has 0 atom stereocenters. The molecule has 1 aromatic heterocycles. The first kappa shape index (κ1) is 13.5. The van der Waals surface area contributed by atoms with E-state index < -0.39 is 0 Å². The van der Waals surface area contributed by atoms with Gasteiger partial charge in [0.2, 0.25) is 0 Å². The van der Waals surface area contributed by atoms with Crippen molar-refractivity contribution in [1.29, 1.82) is 5.26 Å². The molecular weight excluding hydrogens is 278 g/mol. The van der Waals surface area contributed by atoms with E-state index in [1.54, 1.807) is 34.9 Å². The minimum Gasteiger partial charge on any atom is -0.191 e. The zero-order valence-corrected chi connectivity index (χ0v) is 12.9. The summed E-state index contributed by atoms with van der Waals surface area (Å²) < 4.78 is 1.22. The number of hydrogen-bond acceptors (Lipinski definition) is 4. The molecule has 2 aromatic rings.